The molecule has 2 rings (SSSR count). The zero-order valence-electron chi connectivity index (χ0n) is 10.9. The number of anilines is 1. The van der Waals surface area contributed by atoms with Gasteiger partial charge in [-0.05, 0) is 37.6 Å². The summed E-state index contributed by atoms with van der Waals surface area (Å²) in [4.78, 5) is 23.8. The van der Waals surface area contributed by atoms with Crippen LogP contribution < -0.4 is 5.32 Å². The van der Waals surface area contributed by atoms with E-state index in [9.17, 15) is 14.0 Å². The van der Waals surface area contributed by atoms with Gasteiger partial charge in [0.05, 0.1) is 5.56 Å². The number of hydrogen-bond acceptors (Lipinski definition) is 3. The third-order valence-electron chi connectivity index (χ3n) is 2.75. The first-order valence-corrected chi connectivity index (χ1v) is 6.61. The summed E-state index contributed by atoms with van der Waals surface area (Å²) in [5, 5.41) is 11.8. The zero-order chi connectivity index (χ0) is 14.9. The number of halogens is 1. The van der Waals surface area contributed by atoms with Crippen molar-refractivity contribution in [2.75, 3.05) is 5.32 Å². The summed E-state index contributed by atoms with van der Waals surface area (Å²) in [6, 6.07) is 5.61. The molecule has 6 heteroatoms. The Bertz CT molecular complexity index is 694. The average Bonchev–Trinajstić information content (AvgIpc) is 2.73. The number of hydrogen-bond donors (Lipinski definition) is 2. The minimum Gasteiger partial charge on any atom is -0.478 e. The Morgan fingerprint density at radius 1 is 1.25 bits per heavy atom. The van der Waals surface area contributed by atoms with Crippen molar-refractivity contribution in [1.82, 2.24) is 0 Å². The fraction of sp³-hybridized carbons (Fsp3) is 0.143. The van der Waals surface area contributed by atoms with Crippen molar-refractivity contribution in [1.29, 1.82) is 0 Å². The van der Waals surface area contributed by atoms with E-state index in [0.29, 0.717) is 5.56 Å². The lowest BCUT2D eigenvalue weighted by Gasteiger charge is -2.05. The van der Waals surface area contributed by atoms with Crippen LogP contribution in [0, 0.1) is 19.7 Å². The fourth-order valence-corrected chi connectivity index (χ4v) is 2.57. The summed E-state index contributed by atoms with van der Waals surface area (Å²) in [5.74, 6) is -2.12. The molecule has 0 unspecified atom stereocenters. The first-order valence-electron chi connectivity index (χ1n) is 5.79. The molecule has 0 saturated heterocycles. The van der Waals surface area contributed by atoms with Crippen LogP contribution in [-0.4, -0.2) is 17.0 Å². The number of carbonyl (C=O) groups is 2. The Morgan fingerprint density at radius 3 is 2.55 bits per heavy atom. The van der Waals surface area contributed by atoms with Crippen LogP contribution in [0.15, 0.2) is 24.3 Å². The van der Waals surface area contributed by atoms with Crippen molar-refractivity contribution < 1.29 is 19.1 Å². The number of aromatic carboxylic acids is 1. The molecule has 1 aromatic carbocycles. The predicted molar refractivity (Wildman–Crippen MR) is 75.1 cm³/mol. The molecule has 0 fully saturated rings. The highest BCUT2D eigenvalue weighted by molar-refractivity contribution is 7.16. The molecule has 0 saturated carbocycles. The Kier molecular flexibility index (Phi) is 3.85. The Hall–Kier alpha value is -2.21. The van der Waals surface area contributed by atoms with E-state index < -0.39 is 17.7 Å². The van der Waals surface area contributed by atoms with Crippen LogP contribution >= 0.6 is 11.3 Å². The Labute approximate surface area is 118 Å². The van der Waals surface area contributed by atoms with E-state index >= 15 is 0 Å². The highest BCUT2D eigenvalue weighted by atomic mass is 32.1. The maximum absolute atomic E-state index is 13.4. The van der Waals surface area contributed by atoms with Crippen LogP contribution in [-0.2, 0) is 0 Å². The van der Waals surface area contributed by atoms with Gasteiger partial charge in [0.15, 0.2) is 0 Å². The number of carboxylic acids is 1. The second kappa shape index (κ2) is 5.42. The maximum atomic E-state index is 13.4. The molecule has 2 N–H and O–H groups in total. The number of thiophene rings is 1. The smallest absolute Gasteiger partial charge is 0.338 e. The molecule has 104 valence electrons. The highest BCUT2D eigenvalue weighted by Crippen LogP contribution is 2.28. The van der Waals surface area contributed by atoms with Gasteiger partial charge in [0, 0.05) is 10.4 Å². The molecule has 1 heterocycles. The third kappa shape index (κ3) is 2.85. The zero-order valence-corrected chi connectivity index (χ0v) is 11.7. The molecule has 20 heavy (non-hydrogen) atoms. The Morgan fingerprint density at radius 2 is 1.95 bits per heavy atom. The minimum absolute atomic E-state index is 0.0356. The van der Waals surface area contributed by atoms with Crippen LogP contribution in [0.2, 0.25) is 0 Å². The number of aryl methyl sites for hydroxylation is 2. The van der Waals surface area contributed by atoms with E-state index in [1.165, 1.54) is 29.5 Å². The molecular weight excluding hydrogens is 281 g/mol. The third-order valence-corrected chi connectivity index (χ3v) is 3.71. The van der Waals surface area contributed by atoms with Crippen molar-refractivity contribution in [2.45, 2.75) is 13.8 Å². The fourth-order valence-electron chi connectivity index (χ4n) is 1.68. The molecule has 0 aliphatic carbocycles. The SMILES string of the molecule is Cc1cc(C(=O)O)c(NC(=O)c2ccc(C)c(F)c2)s1. The van der Waals surface area contributed by atoms with Crippen molar-refractivity contribution in [3.63, 3.8) is 0 Å². The summed E-state index contributed by atoms with van der Waals surface area (Å²) in [6.07, 6.45) is 0. The van der Waals surface area contributed by atoms with Gasteiger partial charge in [-0.15, -0.1) is 11.3 Å². The largest absolute Gasteiger partial charge is 0.478 e. The highest BCUT2D eigenvalue weighted by Gasteiger charge is 2.17. The minimum atomic E-state index is -1.11. The second-order valence-corrected chi connectivity index (χ2v) is 5.58. The van der Waals surface area contributed by atoms with Gasteiger partial charge in [0.1, 0.15) is 10.8 Å². The van der Waals surface area contributed by atoms with E-state index in [1.54, 1.807) is 13.8 Å². The van der Waals surface area contributed by atoms with Crippen LogP contribution in [0.5, 0.6) is 0 Å². The number of benzene rings is 1. The van der Waals surface area contributed by atoms with Crippen molar-refractivity contribution >= 4 is 28.2 Å². The molecule has 1 amide bonds. The van der Waals surface area contributed by atoms with Crippen molar-refractivity contribution in [3.8, 4) is 0 Å². The first kappa shape index (κ1) is 14.2. The maximum Gasteiger partial charge on any atom is 0.338 e. The molecule has 0 aliphatic heterocycles. The van der Waals surface area contributed by atoms with Crippen LogP contribution in [0.4, 0.5) is 9.39 Å². The monoisotopic (exact) mass is 293 g/mol. The number of nitrogens with one attached hydrogen (secondary N) is 1. The van der Waals surface area contributed by atoms with Gasteiger partial charge < -0.3 is 10.4 Å². The molecule has 2 aromatic rings. The molecular formula is C14H12FNO3S. The van der Waals surface area contributed by atoms with E-state index in [0.717, 1.165) is 10.9 Å². The summed E-state index contributed by atoms with van der Waals surface area (Å²) in [6.45, 7) is 3.35. The number of amides is 1. The lowest BCUT2D eigenvalue weighted by Crippen LogP contribution is -2.13. The lowest BCUT2D eigenvalue weighted by molar-refractivity contribution is 0.0698. The second-order valence-electron chi connectivity index (χ2n) is 4.32. The topological polar surface area (TPSA) is 66.4 Å². The number of rotatable bonds is 3. The molecule has 4 nitrogen and oxygen atoms in total. The number of carbonyl (C=O) groups excluding carboxylic acids is 1. The van der Waals surface area contributed by atoms with Gasteiger partial charge in [-0.25, -0.2) is 9.18 Å². The van der Waals surface area contributed by atoms with Crippen LogP contribution in [0.3, 0.4) is 0 Å². The molecule has 0 radical (unpaired) electrons. The predicted octanol–water partition coefficient (Wildman–Crippen LogP) is 3.45. The average molecular weight is 293 g/mol. The Balaban J connectivity index is 2.27. The molecule has 0 aliphatic rings. The van der Waals surface area contributed by atoms with E-state index in [1.807, 2.05) is 0 Å². The van der Waals surface area contributed by atoms with Crippen LogP contribution in [0.25, 0.3) is 0 Å². The van der Waals surface area contributed by atoms with E-state index in [2.05, 4.69) is 5.32 Å². The quantitative estimate of drug-likeness (QED) is 0.910. The van der Waals surface area contributed by atoms with Gasteiger partial charge in [-0.2, -0.15) is 0 Å². The van der Waals surface area contributed by atoms with Crippen molar-refractivity contribution in [2.24, 2.45) is 0 Å². The lowest BCUT2D eigenvalue weighted by atomic mass is 10.1. The summed E-state index contributed by atoms with van der Waals surface area (Å²) < 4.78 is 13.4. The van der Waals surface area contributed by atoms with Crippen molar-refractivity contribution in [3.05, 3.63) is 51.7 Å². The van der Waals surface area contributed by atoms with Gasteiger partial charge in [-0.1, -0.05) is 6.07 Å². The molecule has 0 bridgehead atoms. The summed E-state index contributed by atoms with van der Waals surface area (Å²) in [7, 11) is 0. The first-order chi connectivity index (χ1) is 9.38. The normalized spacial score (nSPS) is 10.3. The number of carboxylic acid groups (broad SMARTS) is 1. The van der Waals surface area contributed by atoms with Gasteiger partial charge >= 0.3 is 5.97 Å². The molecule has 1 aromatic heterocycles. The van der Waals surface area contributed by atoms with Gasteiger partial charge in [-0.3, -0.25) is 4.79 Å². The summed E-state index contributed by atoms with van der Waals surface area (Å²) >= 11 is 1.17. The van der Waals surface area contributed by atoms with Gasteiger partial charge in [0.25, 0.3) is 5.91 Å². The van der Waals surface area contributed by atoms with Crippen LogP contribution in [0.1, 0.15) is 31.2 Å². The molecule has 0 atom stereocenters. The van der Waals surface area contributed by atoms with E-state index in [4.69, 9.17) is 5.11 Å². The molecule has 0 spiro atoms. The van der Waals surface area contributed by atoms with Gasteiger partial charge in [0.2, 0.25) is 0 Å². The standard InChI is InChI=1S/C14H12FNO3S/c1-7-3-4-9(6-11(7)15)12(17)16-13-10(14(18)19)5-8(2)20-13/h3-6H,1-2H3,(H,16,17)(H,18,19). The van der Waals surface area contributed by atoms with E-state index in [-0.39, 0.29) is 16.1 Å². The summed E-state index contributed by atoms with van der Waals surface area (Å²) in [5.41, 5.74) is 0.628.